The van der Waals surface area contributed by atoms with Gasteiger partial charge in [-0.3, -0.25) is 9.80 Å². The van der Waals surface area contributed by atoms with Crippen molar-refractivity contribution in [3.05, 3.63) is 60.2 Å². The van der Waals surface area contributed by atoms with E-state index in [1.165, 1.54) is 32.1 Å². The molecule has 4 saturated heterocycles. The van der Waals surface area contributed by atoms with Crippen molar-refractivity contribution in [2.75, 3.05) is 44.4 Å². The second kappa shape index (κ2) is 14.7. The fourth-order valence-corrected chi connectivity index (χ4v) is 5.91. The van der Waals surface area contributed by atoms with Crippen LogP contribution in [0.2, 0.25) is 0 Å². The summed E-state index contributed by atoms with van der Waals surface area (Å²) in [6, 6.07) is 17.9. The van der Waals surface area contributed by atoms with Crippen LogP contribution in [0.1, 0.15) is 63.4 Å². The SMILES string of the molecule is O=C(O[C@H]1CN2CCC1CC2)N(Cc1cccc(OCCCCCCCCC2OCCO2)c1)c1ccccc1. The number of para-hydroxylation sites is 1. The monoisotopic (exact) mass is 536 g/mol. The van der Waals surface area contributed by atoms with Crippen molar-refractivity contribution < 1.29 is 23.7 Å². The van der Waals surface area contributed by atoms with Gasteiger partial charge in [0, 0.05) is 12.2 Å². The average Bonchev–Trinajstić information content (AvgIpc) is 3.50. The molecule has 0 aliphatic carbocycles. The summed E-state index contributed by atoms with van der Waals surface area (Å²) in [6.45, 7) is 5.73. The van der Waals surface area contributed by atoms with Crippen LogP contribution < -0.4 is 9.64 Å². The van der Waals surface area contributed by atoms with Crippen LogP contribution in [0.25, 0.3) is 0 Å². The van der Waals surface area contributed by atoms with Crippen molar-refractivity contribution >= 4 is 11.8 Å². The maximum atomic E-state index is 13.4. The number of nitrogens with zero attached hydrogens (tertiary/aromatic N) is 2. The highest BCUT2D eigenvalue weighted by molar-refractivity contribution is 5.87. The third-order valence-electron chi connectivity index (χ3n) is 8.17. The van der Waals surface area contributed by atoms with E-state index < -0.39 is 0 Å². The van der Waals surface area contributed by atoms with Crippen LogP contribution in [0.3, 0.4) is 0 Å². The molecule has 2 bridgehead atoms. The van der Waals surface area contributed by atoms with Gasteiger partial charge in [0.25, 0.3) is 0 Å². The van der Waals surface area contributed by atoms with Gasteiger partial charge in [0.1, 0.15) is 11.9 Å². The Hall–Kier alpha value is -2.61. The summed E-state index contributed by atoms with van der Waals surface area (Å²) in [6.07, 6.45) is 10.1. The lowest BCUT2D eigenvalue weighted by molar-refractivity contribution is -0.0480. The van der Waals surface area contributed by atoms with Crippen LogP contribution in [-0.4, -0.2) is 62.8 Å². The van der Waals surface area contributed by atoms with Crippen molar-refractivity contribution in [3.63, 3.8) is 0 Å². The van der Waals surface area contributed by atoms with Gasteiger partial charge in [-0.1, -0.05) is 56.0 Å². The van der Waals surface area contributed by atoms with E-state index >= 15 is 0 Å². The average molecular weight is 537 g/mol. The van der Waals surface area contributed by atoms with E-state index in [-0.39, 0.29) is 18.5 Å². The highest BCUT2D eigenvalue weighted by Gasteiger charge is 2.37. The van der Waals surface area contributed by atoms with E-state index in [2.05, 4.69) is 4.90 Å². The number of fused-ring (bicyclic) bond motifs is 3. The lowest BCUT2D eigenvalue weighted by Crippen LogP contribution is -2.53. The number of carbonyl (C=O) groups is 1. The molecular weight excluding hydrogens is 492 g/mol. The van der Waals surface area contributed by atoms with Crippen molar-refractivity contribution in [3.8, 4) is 5.75 Å². The molecule has 0 spiro atoms. The summed E-state index contributed by atoms with van der Waals surface area (Å²) in [5.41, 5.74) is 1.87. The van der Waals surface area contributed by atoms with Crippen molar-refractivity contribution in [2.24, 2.45) is 5.92 Å². The quantitative estimate of drug-likeness (QED) is 0.260. The largest absolute Gasteiger partial charge is 0.494 e. The van der Waals surface area contributed by atoms with E-state index in [0.29, 0.717) is 19.1 Å². The van der Waals surface area contributed by atoms with Crippen molar-refractivity contribution in [2.45, 2.75) is 76.7 Å². The third-order valence-corrected chi connectivity index (χ3v) is 8.17. The van der Waals surface area contributed by atoms with E-state index in [9.17, 15) is 4.79 Å². The first-order valence-electron chi connectivity index (χ1n) is 14.9. The van der Waals surface area contributed by atoms with Gasteiger partial charge in [-0.2, -0.15) is 0 Å². The summed E-state index contributed by atoms with van der Waals surface area (Å²) < 4.78 is 23.2. The summed E-state index contributed by atoms with van der Waals surface area (Å²) >= 11 is 0. The zero-order valence-electron chi connectivity index (χ0n) is 23.2. The molecule has 4 aliphatic rings. The zero-order valence-corrected chi connectivity index (χ0v) is 23.2. The van der Waals surface area contributed by atoms with E-state index in [4.69, 9.17) is 18.9 Å². The minimum atomic E-state index is -0.269. The molecule has 7 heteroatoms. The first-order valence-corrected chi connectivity index (χ1v) is 14.9. The van der Waals surface area contributed by atoms with Gasteiger partial charge in [0.05, 0.1) is 26.4 Å². The van der Waals surface area contributed by atoms with Gasteiger partial charge in [-0.25, -0.2) is 4.79 Å². The molecule has 1 amide bonds. The molecule has 0 saturated carbocycles. The summed E-state index contributed by atoms with van der Waals surface area (Å²) in [7, 11) is 0. The highest BCUT2D eigenvalue weighted by atomic mass is 16.7. The van der Waals surface area contributed by atoms with Crippen molar-refractivity contribution in [1.82, 2.24) is 4.90 Å². The second-order valence-corrected chi connectivity index (χ2v) is 11.1. The summed E-state index contributed by atoms with van der Waals surface area (Å²) in [4.78, 5) is 17.6. The van der Waals surface area contributed by atoms with Crippen LogP contribution in [-0.2, 0) is 20.8 Å². The number of anilines is 1. The van der Waals surface area contributed by atoms with Gasteiger partial charge < -0.3 is 18.9 Å². The number of hydrogen-bond donors (Lipinski definition) is 0. The van der Waals surface area contributed by atoms with Crippen molar-refractivity contribution in [1.29, 1.82) is 0 Å². The maximum absolute atomic E-state index is 13.4. The topological polar surface area (TPSA) is 60.5 Å². The first-order chi connectivity index (χ1) is 19.2. The molecule has 39 heavy (non-hydrogen) atoms. The second-order valence-electron chi connectivity index (χ2n) is 11.1. The number of piperidine rings is 3. The standard InChI is InChI=1S/C32H44N2O5/c35-32(39-30-25-33-18-16-27(30)17-19-33)34(28-12-6-5-7-13-28)24-26-11-10-14-29(23-26)36-20-9-4-2-1-3-8-15-31-37-21-22-38-31/h5-7,10-14,23,27,30-31H,1-4,8-9,15-22,24-25H2/t30-/m0/s1. The minimum absolute atomic E-state index is 0.0174. The number of carbonyl (C=O) groups excluding carboxylic acids is 1. The van der Waals surface area contributed by atoms with Gasteiger partial charge in [-0.15, -0.1) is 0 Å². The van der Waals surface area contributed by atoms with E-state index in [1.807, 2.05) is 54.6 Å². The Bertz CT molecular complexity index is 1000. The lowest BCUT2D eigenvalue weighted by Gasteiger charge is -2.44. The number of ether oxygens (including phenoxy) is 4. The molecule has 7 nitrogen and oxygen atoms in total. The Morgan fingerprint density at radius 2 is 1.64 bits per heavy atom. The predicted molar refractivity (Wildman–Crippen MR) is 152 cm³/mol. The molecule has 4 aliphatic heterocycles. The molecule has 212 valence electrons. The minimum Gasteiger partial charge on any atom is -0.494 e. The first kappa shape index (κ1) is 27.9. The zero-order chi connectivity index (χ0) is 26.7. The lowest BCUT2D eigenvalue weighted by atomic mass is 9.86. The van der Waals surface area contributed by atoms with Crippen LogP contribution in [0.4, 0.5) is 10.5 Å². The predicted octanol–water partition coefficient (Wildman–Crippen LogP) is 6.41. The Kier molecular flexibility index (Phi) is 10.5. The molecule has 6 rings (SSSR count). The highest BCUT2D eigenvalue weighted by Crippen LogP contribution is 2.31. The molecule has 0 unspecified atom stereocenters. The van der Waals surface area contributed by atoms with Crippen LogP contribution in [0, 0.1) is 5.92 Å². The smallest absolute Gasteiger partial charge is 0.414 e. The molecule has 2 aromatic rings. The molecular formula is C32H44N2O5. The number of amides is 1. The van der Waals surface area contributed by atoms with Gasteiger partial charge in [0.15, 0.2) is 6.29 Å². The van der Waals surface area contributed by atoms with Crippen LogP contribution >= 0.6 is 0 Å². The normalized spacial score (nSPS) is 22.6. The number of rotatable bonds is 14. The van der Waals surface area contributed by atoms with Gasteiger partial charge in [0.2, 0.25) is 0 Å². The Balaban J connectivity index is 1.06. The summed E-state index contributed by atoms with van der Waals surface area (Å²) in [5, 5.41) is 0. The fraction of sp³-hybridized carbons (Fsp3) is 0.594. The number of benzene rings is 2. The number of hydrogen-bond acceptors (Lipinski definition) is 6. The molecule has 4 heterocycles. The third kappa shape index (κ3) is 8.44. The summed E-state index contributed by atoms with van der Waals surface area (Å²) in [5.74, 6) is 1.33. The maximum Gasteiger partial charge on any atom is 0.414 e. The fourth-order valence-electron chi connectivity index (χ4n) is 5.91. The number of unbranched alkanes of at least 4 members (excludes halogenated alkanes) is 5. The van der Waals surface area contributed by atoms with Crippen LogP contribution in [0.15, 0.2) is 54.6 Å². The van der Waals surface area contributed by atoms with Gasteiger partial charge in [-0.05, 0) is 80.9 Å². The Morgan fingerprint density at radius 3 is 2.38 bits per heavy atom. The van der Waals surface area contributed by atoms with E-state index in [1.54, 1.807) is 4.90 Å². The molecule has 4 fully saturated rings. The van der Waals surface area contributed by atoms with Crippen LogP contribution in [0.5, 0.6) is 5.75 Å². The molecule has 0 radical (unpaired) electrons. The Morgan fingerprint density at radius 1 is 0.897 bits per heavy atom. The Labute approximate surface area is 233 Å². The molecule has 2 aromatic carbocycles. The molecule has 0 N–H and O–H groups in total. The van der Waals surface area contributed by atoms with Gasteiger partial charge >= 0.3 is 6.09 Å². The van der Waals surface area contributed by atoms with E-state index in [0.717, 1.165) is 75.5 Å². The molecule has 0 aromatic heterocycles. The molecule has 1 atom stereocenters.